The smallest absolute Gasteiger partial charge is 0.259 e. The van der Waals surface area contributed by atoms with Gasteiger partial charge >= 0.3 is 0 Å². The molecule has 2 aromatic rings. The molecule has 0 saturated carbocycles. The van der Waals surface area contributed by atoms with Crippen molar-refractivity contribution in [3.05, 3.63) is 52.8 Å². The number of benzene rings is 2. The van der Waals surface area contributed by atoms with Crippen molar-refractivity contribution >= 4 is 23.2 Å². The summed E-state index contributed by atoms with van der Waals surface area (Å²) < 4.78 is 13.2. The number of carbonyl (C=O) groups excluding carboxylic acids is 1. The minimum absolute atomic E-state index is 0.0572. The summed E-state index contributed by atoms with van der Waals surface area (Å²) in [7, 11) is 0. The fourth-order valence-corrected chi connectivity index (χ4v) is 1.60. The molecule has 0 fully saturated rings. The fraction of sp³-hybridized carbons (Fsp3) is 0. The van der Waals surface area contributed by atoms with Crippen LogP contribution in [0.4, 0.5) is 10.1 Å². The van der Waals surface area contributed by atoms with Crippen LogP contribution in [0, 0.1) is 5.82 Å². The van der Waals surface area contributed by atoms with Crippen LogP contribution in [0.15, 0.2) is 36.4 Å². The van der Waals surface area contributed by atoms with Crippen molar-refractivity contribution in [1.29, 1.82) is 0 Å². The molecule has 1 amide bonds. The zero-order chi connectivity index (χ0) is 14.0. The molecule has 0 radical (unpaired) electrons. The molecule has 0 aromatic heterocycles. The maximum absolute atomic E-state index is 13.2. The van der Waals surface area contributed by atoms with Crippen molar-refractivity contribution in [3.63, 3.8) is 0 Å². The Bertz CT molecular complexity index is 646. The van der Waals surface area contributed by atoms with Crippen molar-refractivity contribution in [2.24, 2.45) is 0 Å². The number of halogens is 2. The van der Waals surface area contributed by atoms with E-state index in [-0.39, 0.29) is 27.8 Å². The van der Waals surface area contributed by atoms with E-state index in [1.54, 1.807) is 0 Å². The first-order valence-corrected chi connectivity index (χ1v) is 5.63. The number of amides is 1. The molecule has 0 saturated heterocycles. The van der Waals surface area contributed by atoms with E-state index in [2.05, 4.69) is 5.32 Å². The van der Waals surface area contributed by atoms with Gasteiger partial charge in [0.15, 0.2) is 0 Å². The zero-order valence-corrected chi connectivity index (χ0v) is 10.3. The van der Waals surface area contributed by atoms with Crippen molar-refractivity contribution < 1.29 is 19.4 Å². The quantitative estimate of drug-likeness (QED) is 0.741. The normalized spacial score (nSPS) is 10.2. The highest BCUT2D eigenvalue weighted by atomic mass is 35.5. The summed E-state index contributed by atoms with van der Waals surface area (Å²) in [5, 5.41) is 21.1. The van der Waals surface area contributed by atoms with Gasteiger partial charge in [0.1, 0.15) is 17.3 Å². The van der Waals surface area contributed by atoms with Crippen LogP contribution in [0.5, 0.6) is 11.5 Å². The first kappa shape index (κ1) is 13.2. The zero-order valence-electron chi connectivity index (χ0n) is 9.52. The molecule has 19 heavy (non-hydrogen) atoms. The number of hydrogen-bond donors (Lipinski definition) is 3. The molecule has 0 atom stereocenters. The lowest BCUT2D eigenvalue weighted by atomic mass is 10.1. The van der Waals surface area contributed by atoms with Crippen LogP contribution in [0.1, 0.15) is 10.4 Å². The van der Waals surface area contributed by atoms with Crippen LogP contribution in [-0.4, -0.2) is 16.1 Å². The van der Waals surface area contributed by atoms with Crippen LogP contribution in [0.25, 0.3) is 0 Å². The lowest BCUT2D eigenvalue weighted by molar-refractivity contribution is 0.102. The minimum Gasteiger partial charge on any atom is -0.508 e. The highest BCUT2D eigenvalue weighted by Crippen LogP contribution is 2.24. The molecule has 0 aliphatic heterocycles. The highest BCUT2D eigenvalue weighted by Gasteiger charge is 2.13. The van der Waals surface area contributed by atoms with Crippen LogP contribution < -0.4 is 5.32 Å². The van der Waals surface area contributed by atoms with Crippen LogP contribution in [0.2, 0.25) is 5.02 Å². The van der Waals surface area contributed by atoms with E-state index in [0.29, 0.717) is 0 Å². The molecule has 3 N–H and O–H groups in total. The van der Waals surface area contributed by atoms with E-state index in [1.165, 1.54) is 24.3 Å². The summed E-state index contributed by atoms with van der Waals surface area (Å²) in [5.41, 5.74) is 0.0741. The Morgan fingerprint density at radius 1 is 1.16 bits per heavy atom. The molecule has 2 rings (SSSR count). The molecule has 2 aromatic carbocycles. The second-order valence-corrected chi connectivity index (χ2v) is 4.19. The SMILES string of the molecule is O=C(Nc1ccc(Cl)c(F)c1)c1cc(O)ccc1O. The number of nitrogens with one attached hydrogen (secondary N) is 1. The monoisotopic (exact) mass is 281 g/mol. The molecule has 6 heteroatoms. The predicted octanol–water partition coefficient (Wildman–Crippen LogP) is 3.14. The van der Waals surface area contributed by atoms with Gasteiger partial charge < -0.3 is 15.5 Å². The Balaban J connectivity index is 2.25. The van der Waals surface area contributed by atoms with Gasteiger partial charge in [-0.2, -0.15) is 0 Å². The second kappa shape index (κ2) is 5.16. The van der Waals surface area contributed by atoms with Gasteiger partial charge in [-0.1, -0.05) is 11.6 Å². The average molecular weight is 282 g/mol. The third-order valence-electron chi connectivity index (χ3n) is 2.40. The van der Waals surface area contributed by atoms with E-state index in [1.807, 2.05) is 0 Å². The Kier molecular flexibility index (Phi) is 3.57. The molecule has 0 unspecified atom stereocenters. The van der Waals surface area contributed by atoms with Crippen molar-refractivity contribution in [2.75, 3.05) is 5.32 Å². The summed E-state index contributed by atoms with van der Waals surface area (Å²) in [6.07, 6.45) is 0. The van der Waals surface area contributed by atoms with E-state index in [0.717, 1.165) is 12.1 Å². The third kappa shape index (κ3) is 2.95. The molecule has 0 spiro atoms. The van der Waals surface area contributed by atoms with Gasteiger partial charge in [-0.25, -0.2) is 4.39 Å². The number of hydrogen-bond acceptors (Lipinski definition) is 3. The van der Waals surface area contributed by atoms with Crippen molar-refractivity contribution in [2.45, 2.75) is 0 Å². The van der Waals surface area contributed by atoms with Gasteiger partial charge in [0, 0.05) is 5.69 Å². The van der Waals surface area contributed by atoms with E-state index >= 15 is 0 Å². The maximum atomic E-state index is 13.2. The van der Waals surface area contributed by atoms with E-state index in [9.17, 15) is 19.4 Å². The van der Waals surface area contributed by atoms with Crippen molar-refractivity contribution in [1.82, 2.24) is 0 Å². The Morgan fingerprint density at radius 2 is 1.89 bits per heavy atom. The van der Waals surface area contributed by atoms with Crippen LogP contribution in [0.3, 0.4) is 0 Å². The third-order valence-corrected chi connectivity index (χ3v) is 2.71. The molecular weight excluding hydrogens is 273 g/mol. The van der Waals surface area contributed by atoms with E-state index < -0.39 is 11.7 Å². The summed E-state index contributed by atoms with van der Waals surface area (Å²) >= 11 is 5.52. The largest absolute Gasteiger partial charge is 0.508 e. The first-order chi connectivity index (χ1) is 8.97. The Morgan fingerprint density at radius 3 is 2.58 bits per heavy atom. The van der Waals surface area contributed by atoms with Gasteiger partial charge in [-0.05, 0) is 36.4 Å². The molecule has 0 heterocycles. The van der Waals surface area contributed by atoms with Crippen LogP contribution in [-0.2, 0) is 0 Å². The Labute approximate surface area is 113 Å². The minimum atomic E-state index is -0.671. The fourth-order valence-electron chi connectivity index (χ4n) is 1.48. The number of phenols is 2. The van der Waals surface area contributed by atoms with Gasteiger partial charge in [-0.3, -0.25) is 4.79 Å². The lowest BCUT2D eigenvalue weighted by Gasteiger charge is -2.07. The number of carbonyl (C=O) groups is 1. The van der Waals surface area contributed by atoms with Gasteiger partial charge in [0.2, 0.25) is 0 Å². The summed E-state index contributed by atoms with van der Waals surface area (Å²) in [6.45, 7) is 0. The summed E-state index contributed by atoms with van der Waals surface area (Å²) in [4.78, 5) is 11.8. The first-order valence-electron chi connectivity index (χ1n) is 5.26. The molecule has 0 aliphatic rings. The van der Waals surface area contributed by atoms with Gasteiger partial charge in [0.05, 0.1) is 10.6 Å². The number of anilines is 1. The number of phenolic OH excluding ortho intramolecular Hbond substituents is 2. The predicted molar refractivity (Wildman–Crippen MR) is 69.1 cm³/mol. The standard InChI is InChI=1S/C13H9ClFNO3/c14-10-3-1-7(5-11(10)15)16-13(19)9-6-8(17)2-4-12(9)18/h1-6,17-18H,(H,16,19). The van der Waals surface area contributed by atoms with Gasteiger partial charge in [0.25, 0.3) is 5.91 Å². The topological polar surface area (TPSA) is 69.6 Å². The molecular formula is C13H9ClFNO3. The van der Waals surface area contributed by atoms with Gasteiger partial charge in [-0.15, -0.1) is 0 Å². The van der Waals surface area contributed by atoms with E-state index in [4.69, 9.17) is 11.6 Å². The van der Waals surface area contributed by atoms with Crippen LogP contribution >= 0.6 is 11.6 Å². The number of aromatic hydroxyl groups is 2. The Hall–Kier alpha value is -2.27. The number of rotatable bonds is 2. The molecule has 4 nitrogen and oxygen atoms in total. The summed E-state index contributed by atoms with van der Waals surface area (Å²) in [5.74, 6) is -1.79. The molecule has 98 valence electrons. The lowest BCUT2D eigenvalue weighted by Crippen LogP contribution is -2.12. The summed E-state index contributed by atoms with van der Waals surface area (Å²) in [6, 6.07) is 7.32. The maximum Gasteiger partial charge on any atom is 0.259 e. The average Bonchev–Trinajstić information content (AvgIpc) is 2.36. The van der Waals surface area contributed by atoms with Crippen molar-refractivity contribution in [3.8, 4) is 11.5 Å². The molecule has 0 aliphatic carbocycles. The highest BCUT2D eigenvalue weighted by molar-refractivity contribution is 6.30. The second-order valence-electron chi connectivity index (χ2n) is 3.78. The molecule has 0 bridgehead atoms.